The van der Waals surface area contributed by atoms with E-state index in [0.29, 0.717) is 17.5 Å². The Kier molecular flexibility index (Phi) is 7.42. The Morgan fingerprint density at radius 2 is 0.839 bits per heavy atom. The summed E-state index contributed by atoms with van der Waals surface area (Å²) >= 11 is 0. The molecule has 8 aromatic carbocycles. The minimum absolute atomic E-state index is 0.616. The van der Waals surface area contributed by atoms with Crippen molar-refractivity contribution in [2.24, 2.45) is 0 Å². The molecule has 0 unspecified atom stereocenters. The molecule has 0 aliphatic carbocycles. The van der Waals surface area contributed by atoms with E-state index in [9.17, 15) is 0 Å². The molecule has 3 heterocycles. The van der Waals surface area contributed by atoms with Gasteiger partial charge in [-0.2, -0.15) is 0 Å². The molecule has 262 valence electrons. The highest BCUT2D eigenvalue weighted by molar-refractivity contribution is 6.14. The van der Waals surface area contributed by atoms with E-state index in [1.807, 2.05) is 66.7 Å². The molecule has 11 aromatic rings. The normalized spacial score (nSPS) is 11.6. The van der Waals surface area contributed by atoms with Crippen molar-refractivity contribution in [2.75, 3.05) is 0 Å². The fraction of sp³-hybridized carbons (Fsp3) is 0. The molecule has 0 aliphatic heterocycles. The number of nitrogens with zero attached hydrogens (tertiary/aromatic N) is 4. The summed E-state index contributed by atoms with van der Waals surface area (Å²) < 4.78 is 8.78. The van der Waals surface area contributed by atoms with Gasteiger partial charge in [0.05, 0.1) is 11.0 Å². The quantitative estimate of drug-likeness (QED) is 0.172. The van der Waals surface area contributed by atoms with Crippen LogP contribution in [0.3, 0.4) is 0 Å². The fourth-order valence-electron chi connectivity index (χ4n) is 7.97. The number of furan rings is 1. The lowest BCUT2D eigenvalue weighted by Gasteiger charge is -2.13. The van der Waals surface area contributed by atoms with Crippen molar-refractivity contribution in [3.63, 3.8) is 0 Å². The van der Waals surface area contributed by atoms with E-state index >= 15 is 0 Å². The summed E-state index contributed by atoms with van der Waals surface area (Å²) in [6.45, 7) is 0. The average molecular weight is 717 g/mol. The molecule has 0 radical (unpaired) electrons. The minimum Gasteiger partial charge on any atom is -0.456 e. The molecule has 5 nitrogen and oxygen atoms in total. The molecule has 0 saturated carbocycles. The van der Waals surface area contributed by atoms with Crippen LogP contribution in [-0.2, 0) is 0 Å². The maximum absolute atomic E-state index is 6.43. The fourth-order valence-corrected chi connectivity index (χ4v) is 7.97. The van der Waals surface area contributed by atoms with Crippen molar-refractivity contribution in [3.8, 4) is 62.1 Å². The predicted molar refractivity (Wildman–Crippen MR) is 229 cm³/mol. The summed E-state index contributed by atoms with van der Waals surface area (Å²) in [5, 5.41) is 4.41. The number of hydrogen-bond acceptors (Lipinski definition) is 4. The van der Waals surface area contributed by atoms with Crippen LogP contribution in [0.2, 0.25) is 0 Å². The third-order valence-electron chi connectivity index (χ3n) is 10.7. The number of hydrogen-bond donors (Lipinski definition) is 0. The highest BCUT2D eigenvalue weighted by atomic mass is 16.3. The zero-order valence-electron chi connectivity index (χ0n) is 30.2. The van der Waals surface area contributed by atoms with Gasteiger partial charge < -0.3 is 8.98 Å². The molecule has 0 fully saturated rings. The Labute approximate surface area is 322 Å². The number of para-hydroxylation sites is 2. The van der Waals surface area contributed by atoms with Gasteiger partial charge in [0.15, 0.2) is 17.5 Å². The smallest absolute Gasteiger partial charge is 0.166 e. The van der Waals surface area contributed by atoms with Crippen LogP contribution >= 0.6 is 0 Å². The van der Waals surface area contributed by atoms with Gasteiger partial charge in [-0.1, -0.05) is 152 Å². The van der Waals surface area contributed by atoms with Gasteiger partial charge in [-0.3, -0.25) is 0 Å². The van der Waals surface area contributed by atoms with E-state index in [1.54, 1.807) is 0 Å². The predicted octanol–water partition coefficient (Wildman–Crippen LogP) is 13.2. The number of rotatable bonds is 6. The second kappa shape index (κ2) is 13.0. The van der Waals surface area contributed by atoms with Crippen molar-refractivity contribution >= 4 is 43.7 Å². The Morgan fingerprint density at radius 1 is 0.339 bits per heavy atom. The van der Waals surface area contributed by atoms with E-state index in [0.717, 1.165) is 77.2 Å². The molecule has 0 aliphatic rings. The van der Waals surface area contributed by atoms with Gasteiger partial charge in [0.1, 0.15) is 11.2 Å². The second-order valence-corrected chi connectivity index (χ2v) is 14.0. The lowest BCUT2D eigenvalue weighted by atomic mass is 9.99. The summed E-state index contributed by atoms with van der Waals surface area (Å²) in [5.74, 6) is 1.88. The summed E-state index contributed by atoms with van der Waals surface area (Å²) in [5.41, 5.74) is 12.4. The molecule has 5 heteroatoms. The van der Waals surface area contributed by atoms with E-state index < -0.39 is 0 Å². The Balaban J connectivity index is 1.10. The van der Waals surface area contributed by atoms with Crippen LogP contribution in [-0.4, -0.2) is 19.5 Å². The van der Waals surface area contributed by atoms with Crippen molar-refractivity contribution in [3.05, 3.63) is 194 Å². The van der Waals surface area contributed by atoms with Gasteiger partial charge in [-0.15, -0.1) is 0 Å². The Hall–Kier alpha value is -7.63. The first-order chi connectivity index (χ1) is 27.7. The van der Waals surface area contributed by atoms with Gasteiger partial charge >= 0.3 is 0 Å². The average Bonchev–Trinajstić information content (AvgIpc) is 3.82. The van der Waals surface area contributed by atoms with Crippen LogP contribution < -0.4 is 0 Å². The second-order valence-electron chi connectivity index (χ2n) is 14.0. The zero-order valence-corrected chi connectivity index (χ0v) is 30.2. The topological polar surface area (TPSA) is 56.7 Å². The van der Waals surface area contributed by atoms with Crippen molar-refractivity contribution < 1.29 is 4.42 Å². The number of benzene rings is 8. The molecule has 56 heavy (non-hydrogen) atoms. The van der Waals surface area contributed by atoms with Crippen LogP contribution in [0.25, 0.3) is 106 Å². The summed E-state index contributed by atoms with van der Waals surface area (Å²) in [6, 6.07) is 67.5. The van der Waals surface area contributed by atoms with E-state index in [-0.39, 0.29) is 0 Å². The van der Waals surface area contributed by atoms with Crippen molar-refractivity contribution in [1.29, 1.82) is 0 Å². The van der Waals surface area contributed by atoms with Gasteiger partial charge in [-0.25, -0.2) is 15.0 Å². The summed E-state index contributed by atoms with van der Waals surface area (Å²) in [4.78, 5) is 15.3. The highest BCUT2D eigenvalue weighted by Crippen LogP contribution is 2.40. The molecule has 0 N–H and O–H groups in total. The maximum atomic E-state index is 6.43. The third kappa shape index (κ3) is 5.37. The number of fused-ring (bicyclic) bond motifs is 6. The highest BCUT2D eigenvalue weighted by Gasteiger charge is 2.21. The van der Waals surface area contributed by atoms with Gasteiger partial charge in [0.25, 0.3) is 0 Å². The maximum Gasteiger partial charge on any atom is 0.166 e. The van der Waals surface area contributed by atoms with E-state index in [2.05, 4.69) is 132 Å². The van der Waals surface area contributed by atoms with Crippen LogP contribution in [0.1, 0.15) is 0 Å². The molecule has 0 saturated heterocycles. The van der Waals surface area contributed by atoms with E-state index in [4.69, 9.17) is 19.4 Å². The molecular formula is C51H32N4O. The molecule has 0 amide bonds. The Bertz CT molecular complexity index is 3160. The first-order valence-electron chi connectivity index (χ1n) is 18.8. The monoisotopic (exact) mass is 716 g/mol. The third-order valence-corrected chi connectivity index (χ3v) is 10.7. The minimum atomic E-state index is 0.616. The lowest BCUT2D eigenvalue weighted by Crippen LogP contribution is -2.02. The molecule has 0 spiro atoms. The van der Waals surface area contributed by atoms with Crippen LogP contribution in [0, 0.1) is 0 Å². The van der Waals surface area contributed by atoms with Crippen LogP contribution in [0.15, 0.2) is 199 Å². The van der Waals surface area contributed by atoms with Gasteiger partial charge in [0.2, 0.25) is 0 Å². The Morgan fingerprint density at radius 3 is 1.52 bits per heavy atom. The largest absolute Gasteiger partial charge is 0.456 e. The van der Waals surface area contributed by atoms with Gasteiger partial charge in [-0.05, 0) is 64.7 Å². The standard InChI is InChI=1S/C51H32N4O/c1-4-13-33(14-5-1)34-23-25-35(26-24-34)38-27-29-46-43(31-38)44-32-39(28-30-47(44)56-46)55-45-22-11-10-19-40(45)41-20-12-21-42(48(41)55)51-53-49(36-15-6-2-7-16-36)52-50(54-51)37-17-8-3-9-18-37/h1-32H. The first-order valence-corrected chi connectivity index (χ1v) is 18.8. The molecular weight excluding hydrogens is 685 g/mol. The van der Waals surface area contributed by atoms with Crippen molar-refractivity contribution in [2.45, 2.75) is 0 Å². The zero-order chi connectivity index (χ0) is 37.0. The SMILES string of the molecule is c1ccc(-c2ccc(-c3ccc4oc5ccc(-n6c7ccccc7c7cccc(-c8nc(-c9ccccc9)nc(-c9ccccc9)n8)c76)cc5c4c3)cc2)cc1. The number of aromatic nitrogens is 4. The van der Waals surface area contributed by atoms with Gasteiger partial charge in [0, 0.05) is 43.9 Å². The lowest BCUT2D eigenvalue weighted by molar-refractivity contribution is 0.669. The molecule has 0 bridgehead atoms. The first kappa shape index (κ1) is 31.9. The molecule has 3 aromatic heterocycles. The molecule has 0 atom stereocenters. The van der Waals surface area contributed by atoms with E-state index in [1.165, 1.54) is 11.1 Å². The summed E-state index contributed by atoms with van der Waals surface area (Å²) in [6.07, 6.45) is 0. The van der Waals surface area contributed by atoms with Crippen LogP contribution in [0.4, 0.5) is 0 Å². The van der Waals surface area contributed by atoms with Crippen LogP contribution in [0.5, 0.6) is 0 Å². The summed E-state index contributed by atoms with van der Waals surface area (Å²) in [7, 11) is 0. The molecule has 11 rings (SSSR count). The van der Waals surface area contributed by atoms with Crippen molar-refractivity contribution in [1.82, 2.24) is 19.5 Å².